The molecule has 0 saturated heterocycles. The molecular formula is C14H19NO2S. The Morgan fingerprint density at radius 2 is 2.39 bits per heavy atom. The molecule has 0 heterocycles. The molecule has 0 aliphatic heterocycles. The van der Waals surface area contributed by atoms with Crippen molar-refractivity contribution >= 4 is 18.5 Å². The van der Waals surface area contributed by atoms with Crippen molar-refractivity contribution in [3.05, 3.63) is 29.3 Å². The van der Waals surface area contributed by atoms with Gasteiger partial charge in [-0.15, -0.1) is 0 Å². The maximum absolute atomic E-state index is 12.1. The first kappa shape index (κ1) is 13.3. The van der Waals surface area contributed by atoms with E-state index in [9.17, 15) is 4.79 Å². The topological polar surface area (TPSA) is 38.3 Å². The monoisotopic (exact) mass is 265 g/mol. The lowest BCUT2D eigenvalue weighted by Gasteiger charge is -2.25. The third-order valence-corrected chi connectivity index (χ3v) is 3.62. The lowest BCUT2D eigenvalue weighted by atomic mass is 9.82. The fourth-order valence-corrected chi connectivity index (χ4v) is 2.60. The summed E-state index contributed by atoms with van der Waals surface area (Å²) >= 11 is 4.11. The predicted molar refractivity (Wildman–Crippen MR) is 75.5 cm³/mol. The molecule has 1 aromatic carbocycles. The molecule has 1 aromatic rings. The largest absolute Gasteiger partial charge is 0.497 e. The Bertz CT molecular complexity index is 434. The van der Waals surface area contributed by atoms with Gasteiger partial charge >= 0.3 is 0 Å². The number of amides is 1. The molecule has 1 aliphatic rings. The van der Waals surface area contributed by atoms with E-state index >= 15 is 0 Å². The zero-order valence-corrected chi connectivity index (χ0v) is 11.5. The summed E-state index contributed by atoms with van der Waals surface area (Å²) in [6, 6.07) is 6.01. The molecule has 2 rings (SSSR count). The number of aryl methyl sites for hydroxylation is 1. The summed E-state index contributed by atoms with van der Waals surface area (Å²) in [6.07, 6.45) is 3.01. The number of thiol groups is 1. The summed E-state index contributed by atoms with van der Waals surface area (Å²) < 4.78 is 5.23. The second-order valence-corrected chi connectivity index (χ2v) is 4.97. The van der Waals surface area contributed by atoms with Gasteiger partial charge in [0.1, 0.15) is 5.75 Å². The highest BCUT2D eigenvalue weighted by atomic mass is 32.1. The van der Waals surface area contributed by atoms with Crippen LogP contribution in [0.5, 0.6) is 5.75 Å². The predicted octanol–water partition coefficient (Wildman–Crippen LogP) is 2.16. The number of fused-ring (bicyclic) bond motifs is 1. The Labute approximate surface area is 113 Å². The van der Waals surface area contributed by atoms with Crippen LogP contribution in [0.1, 0.15) is 29.9 Å². The van der Waals surface area contributed by atoms with Crippen LogP contribution >= 0.6 is 12.6 Å². The van der Waals surface area contributed by atoms with Crippen LogP contribution in [-0.4, -0.2) is 25.3 Å². The molecule has 1 amide bonds. The van der Waals surface area contributed by atoms with E-state index in [0.29, 0.717) is 12.3 Å². The van der Waals surface area contributed by atoms with Crippen molar-refractivity contribution in [1.82, 2.24) is 5.32 Å². The van der Waals surface area contributed by atoms with E-state index in [-0.39, 0.29) is 11.8 Å². The average Bonchev–Trinajstić information content (AvgIpc) is 2.43. The van der Waals surface area contributed by atoms with Gasteiger partial charge in [-0.2, -0.15) is 12.6 Å². The minimum atomic E-state index is -0.0143. The summed E-state index contributed by atoms with van der Waals surface area (Å²) in [5.74, 6) is 1.65. The summed E-state index contributed by atoms with van der Waals surface area (Å²) in [5, 5.41) is 2.92. The molecule has 1 unspecified atom stereocenters. The van der Waals surface area contributed by atoms with Crippen LogP contribution in [0, 0.1) is 0 Å². The van der Waals surface area contributed by atoms with E-state index in [4.69, 9.17) is 4.74 Å². The van der Waals surface area contributed by atoms with Crippen molar-refractivity contribution in [2.45, 2.75) is 25.2 Å². The van der Waals surface area contributed by atoms with E-state index in [1.54, 1.807) is 7.11 Å². The summed E-state index contributed by atoms with van der Waals surface area (Å²) in [7, 11) is 1.67. The normalized spacial score (nSPS) is 18.0. The van der Waals surface area contributed by atoms with Crippen molar-refractivity contribution in [1.29, 1.82) is 0 Å². The zero-order chi connectivity index (χ0) is 13.0. The van der Waals surface area contributed by atoms with Gasteiger partial charge in [-0.3, -0.25) is 4.79 Å². The lowest BCUT2D eigenvalue weighted by molar-refractivity contribution is -0.122. The Morgan fingerprint density at radius 1 is 1.56 bits per heavy atom. The van der Waals surface area contributed by atoms with Gasteiger partial charge < -0.3 is 10.1 Å². The van der Waals surface area contributed by atoms with Crippen molar-refractivity contribution in [2.24, 2.45) is 0 Å². The smallest absolute Gasteiger partial charge is 0.227 e. The standard InChI is InChI=1S/C14H19NO2S/c1-17-11-5-6-12-10(9-11)3-2-4-13(12)14(16)15-7-8-18/h5-6,9,13,18H,2-4,7-8H2,1H3,(H,15,16). The second-order valence-electron chi connectivity index (χ2n) is 4.52. The van der Waals surface area contributed by atoms with E-state index < -0.39 is 0 Å². The number of ether oxygens (including phenoxy) is 1. The first-order chi connectivity index (χ1) is 8.76. The van der Waals surface area contributed by atoms with Crippen LogP contribution in [0.3, 0.4) is 0 Å². The van der Waals surface area contributed by atoms with Gasteiger partial charge in [0.2, 0.25) is 5.91 Å². The van der Waals surface area contributed by atoms with Crippen LogP contribution in [0.25, 0.3) is 0 Å². The third kappa shape index (κ3) is 2.80. The summed E-state index contributed by atoms with van der Waals surface area (Å²) in [6.45, 7) is 0.629. The Balaban J connectivity index is 2.19. The SMILES string of the molecule is COc1ccc2c(c1)CCCC2C(=O)NCCS. The summed E-state index contributed by atoms with van der Waals surface area (Å²) in [4.78, 5) is 12.1. The molecule has 1 N–H and O–H groups in total. The van der Waals surface area contributed by atoms with Gasteiger partial charge in [0, 0.05) is 12.3 Å². The molecule has 0 aromatic heterocycles. The molecule has 3 nitrogen and oxygen atoms in total. The average molecular weight is 265 g/mol. The number of carbonyl (C=O) groups excluding carboxylic acids is 1. The number of carbonyl (C=O) groups is 1. The minimum Gasteiger partial charge on any atom is -0.497 e. The van der Waals surface area contributed by atoms with Gasteiger partial charge in [0.25, 0.3) is 0 Å². The lowest BCUT2D eigenvalue weighted by Crippen LogP contribution is -2.32. The third-order valence-electron chi connectivity index (χ3n) is 3.39. The molecule has 0 spiro atoms. The van der Waals surface area contributed by atoms with Gasteiger partial charge in [0.05, 0.1) is 13.0 Å². The summed E-state index contributed by atoms with van der Waals surface area (Å²) in [5.41, 5.74) is 2.39. The molecule has 0 radical (unpaired) electrons. The number of benzene rings is 1. The van der Waals surface area contributed by atoms with Crippen LogP contribution in [0.15, 0.2) is 18.2 Å². The number of nitrogens with one attached hydrogen (secondary N) is 1. The minimum absolute atomic E-state index is 0.0143. The van der Waals surface area contributed by atoms with Crippen molar-refractivity contribution < 1.29 is 9.53 Å². The quantitative estimate of drug-likeness (QED) is 0.819. The number of hydrogen-bond donors (Lipinski definition) is 2. The highest BCUT2D eigenvalue weighted by Crippen LogP contribution is 2.33. The van der Waals surface area contributed by atoms with E-state index in [1.807, 2.05) is 18.2 Å². The van der Waals surface area contributed by atoms with Gasteiger partial charge in [-0.25, -0.2) is 0 Å². The molecule has 98 valence electrons. The Hall–Kier alpha value is -1.16. The Kier molecular flexibility index (Phi) is 4.53. The van der Waals surface area contributed by atoms with E-state index in [2.05, 4.69) is 17.9 Å². The maximum Gasteiger partial charge on any atom is 0.227 e. The van der Waals surface area contributed by atoms with Crippen molar-refractivity contribution in [3.8, 4) is 5.75 Å². The van der Waals surface area contributed by atoms with Crippen LogP contribution in [-0.2, 0) is 11.2 Å². The molecule has 4 heteroatoms. The molecule has 1 aliphatic carbocycles. The fraction of sp³-hybridized carbons (Fsp3) is 0.500. The van der Waals surface area contributed by atoms with E-state index in [1.165, 1.54) is 5.56 Å². The second kappa shape index (κ2) is 6.14. The molecule has 18 heavy (non-hydrogen) atoms. The first-order valence-electron chi connectivity index (χ1n) is 6.31. The number of methoxy groups -OCH3 is 1. The van der Waals surface area contributed by atoms with Crippen molar-refractivity contribution in [2.75, 3.05) is 19.4 Å². The Morgan fingerprint density at radius 3 is 3.11 bits per heavy atom. The first-order valence-corrected chi connectivity index (χ1v) is 6.95. The molecule has 0 bridgehead atoms. The highest BCUT2D eigenvalue weighted by Gasteiger charge is 2.26. The number of rotatable bonds is 4. The van der Waals surface area contributed by atoms with Crippen LogP contribution in [0.4, 0.5) is 0 Å². The fourth-order valence-electron chi connectivity index (χ4n) is 2.49. The van der Waals surface area contributed by atoms with Gasteiger partial charge in [-0.05, 0) is 42.5 Å². The number of hydrogen-bond acceptors (Lipinski definition) is 3. The van der Waals surface area contributed by atoms with Gasteiger partial charge in [-0.1, -0.05) is 6.07 Å². The van der Waals surface area contributed by atoms with Crippen molar-refractivity contribution in [3.63, 3.8) is 0 Å². The molecule has 0 fully saturated rings. The van der Waals surface area contributed by atoms with Crippen LogP contribution < -0.4 is 10.1 Å². The zero-order valence-electron chi connectivity index (χ0n) is 10.6. The van der Waals surface area contributed by atoms with Crippen LogP contribution in [0.2, 0.25) is 0 Å². The highest BCUT2D eigenvalue weighted by molar-refractivity contribution is 7.80. The molecule has 0 saturated carbocycles. The molecular weight excluding hydrogens is 246 g/mol. The van der Waals surface area contributed by atoms with Gasteiger partial charge in [0.15, 0.2) is 0 Å². The molecule has 1 atom stereocenters. The van der Waals surface area contributed by atoms with E-state index in [0.717, 1.165) is 30.6 Å². The maximum atomic E-state index is 12.1.